The van der Waals surface area contributed by atoms with E-state index in [2.05, 4.69) is 15.4 Å². The number of aromatic nitrogens is 2. The molecule has 0 unspecified atom stereocenters. The van der Waals surface area contributed by atoms with Crippen LogP contribution in [0.4, 0.5) is 13.2 Å². The Bertz CT molecular complexity index is 749. The zero-order valence-corrected chi connectivity index (χ0v) is 16.4. The molecule has 1 aromatic carbocycles. The summed E-state index contributed by atoms with van der Waals surface area (Å²) >= 11 is 0. The third-order valence-corrected chi connectivity index (χ3v) is 4.98. The Labute approximate surface area is 169 Å². The summed E-state index contributed by atoms with van der Waals surface area (Å²) < 4.78 is 40.4. The predicted octanol–water partition coefficient (Wildman–Crippen LogP) is 4.34. The largest absolute Gasteiger partial charge is 0.416 e. The van der Waals surface area contributed by atoms with E-state index in [1.807, 2.05) is 16.8 Å². The Balaban J connectivity index is 1.60. The van der Waals surface area contributed by atoms with Gasteiger partial charge in [0.2, 0.25) is 0 Å². The smallest absolute Gasteiger partial charge is 0.334 e. The number of hydroxylamine groups is 1. The molecule has 29 heavy (non-hydrogen) atoms. The van der Waals surface area contributed by atoms with Crippen molar-refractivity contribution < 1.29 is 18.0 Å². The van der Waals surface area contributed by atoms with Crippen molar-refractivity contribution in [1.82, 2.24) is 19.9 Å². The second-order valence-electron chi connectivity index (χ2n) is 7.16. The molecule has 2 heterocycles. The third kappa shape index (κ3) is 6.90. The minimum atomic E-state index is -4.35. The average Bonchev–Trinajstić information content (AvgIpc) is 3.09. The van der Waals surface area contributed by atoms with Gasteiger partial charge in [-0.05, 0) is 49.7 Å². The number of alkyl halides is 3. The summed E-state index contributed by atoms with van der Waals surface area (Å²) in [5.41, 5.74) is 3.52. The van der Waals surface area contributed by atoms with Crippen molar-refractivity contribution in [3.63, 3.8) is 0 Å². The highest BCUT2D eigenvalue weighted by Gasteiger charge is 2.30. The highest BCUT2D eigenvalue weighted by atomic mass is 19.4. The Hall–Kier alpha value is -2.32. The molecule has 158 valence electrons. The van der Waals surface area contributed by atoms with Gasteiger partial charge < -0.3 is 9.47 Å². The van der Waals surface area contributed by atoms with Crippen molar-refractivity contribution in [3.05, 3.63) is 60.2 Å². The number of hydrogen-bond donors (Lipinski definition) is 1. The number of allylic oxidation sites excluding steroid dienone is 1. The second kappa shape index (κ2) is 10.5. The van der Waals surface area contributed by atoms with Crippen LogP contribution in [0, 0.1) is 0 Å². The number of likely N-dealkylation sites (tertiary alicyclic amines) is 1. The van der Waals surface area contributed by atoms with E-state index in [1.165, 1.54) is 37.8 Å². The van der Waals surface area contributed by atoms with Crippen molar-refractivity contribution in [3.8, 4) is 0 Å². The number of halogens is 3. The van der Waals surface area contributed by atoms with E-state index >= 15 is 0 Å². The molecule has 3 rings (SSSR count). The summed E-state index contributed by atoms with van der Waals surface area (Å²) in [7, 11) is 0. The van der Waals surface area contributed by atoms with Crippen LogP contribution in [0.2, 0.25) is 0 Å². The lowest BCUT2D eigenvalue weighted by atomic mass is 10.1. The summed E-state index contributed by atoms with van der Waals surface area (Å²) in [6.07, 6.45) is 7.70. The quantitative estimate of drug-likeness (QED) is 0.521. The lowest BCUT2D eigenvalue weighted by molar-refractivity contribution is -0.137. The highest BCUT2D eigenvalue weighted by molar-refractivity contribution is 5.63. The van der Waals surface area contributed by atoms with Crippen LogP contribution in [0.25, 0.3) is 5.70 Å². The van der Waals surface area contributed by atoms with Crippen LogP contribution in [0.15, 0.2) is 49.1 Å². The van der Waals surface area contributed by atoms with E-state index in [0.29, 0.717) is 24.4 Å². The topological polar surface area (TPSA) is 42.3 Å². The number of imidazole rings is 1. The van der Waals surface area contributed by atoms with Crippen LogP contribution in [-0.2, 0) is 17.6 Å². The number of rotatable bonds is 8. The normalized spacial score (nSPS) is 16.6. The van der Waals surface area contributed by atoms with E-state index in [4.69, 9.17) is 4.84 Å². The summed E-state index contributed by atoms with van der Waals surface area (Å²) in [5.74, 6) is 0. The standard InChI is InChI=1S/C21H27F3N4O/c22-21(23,24)19-7-5-18(6-8-19)20(9-13-28-14-10-25-17-28)26-29-16-15-27-11-3-1-2-4-12-27/h5-10,14,17,26H,1-4,11-13,15-16H2. The molecular weight excluding hydrogens is 381 g/mol. The molecule has 8 heteroatoms. The van der Waals surface area contributed by atoms with Crippen LogP contribution < -0.4 is 5.48 Å². The van der Waals surface area contributed by atoms with Crippen molar-refractivity contribution in [2.24, 2.45) is 0 Å². The van der Waals surface area contributed by atoms with Crippen LogP contribution in [0.3, 0.4) is 0 Å². The maximum Gasteiger partial charge on any atom is 0.416 e. The van der Waals surface area contributed by atoms with Gasteiger partial charge in [0.15, 0.2) is 0 Å². The molecule has 0 radical (unpaired) electrons. The zero-order valence-electron chi connectivity index (χ0n) is 16.4. The fourth-order valence-electron chi connectivity index (χ4n) is 3.31. The van der Waals surface area contributed by atoms with Crippen molar-refractivity contribution in [2.75, 3.05) is 26.2 Å². The molecule has 5 nitrogen and oxygen atoms in total. The molecule has 0 amide bonds. The van der Waals surface area contributed by atoms with Crippen LogP contribution >= 0.6 is 0 Å². The molecule has 2 aromatic rings. The molecule has 1 aliphatic heterocycles. The molecule has 1 N–H and O–H groups in total. The van der Waals surface area contributed by atoms with Gasteiger partial charge in [-0.2, -0.15) is 13.2 Å². The Morgan fingerprint density at radius 2 is 1.83 bits per heavy atom. The molecule has 0 aliphatic carbocycles. The van der Waals surface area contributed by atoms with Gasteiger partial charge in [0.25, 0.3) is 0 Å². The Morgan fingerprint density at radius 1 is 1.10 bits per heavy atom. The summed E-state index contributed by atoms with van der Waals surface area (Å²) in [5, 5.41) is 0. The molecule has 1 aromatic heterocycles. The van der Waals surface area contributed by atoms with Crippen molar-refractivity contribution in [1.29, 1.82) is 0 Å². The third-order valence-electron chi connectivity index (χ3n) is 4.98. The lowest BCUT2D eigenvalue weighted by Gasteiger charge is -2.20. The summed E-state index contributed by atoms with van der Waals surface area (Å²) in [6.45, 7) is 4.04. The van der Waals surface area contributed by atoms with Gasteiger partial charge in [-0.15, -0.1) is 0 Å². The first kappa shape index (κ1) is 21.4. The van der Waals surface area contributed by atoms with Crippen LogP contribution in [0.1, 0.15) is 36.8 Å². The molecular formula is C21H27F3N4O. The monoisotopic (exact) mass is 408 g/mol. The van der Waals surface area contributed by atoms with Gasteiger partial charge in [0, 0.05) is 25.5 Å². The van der Waals surface area contributed by atoms with Crippen LogP contribution in [0.5, 0.6) is 0 Å². The summed E-state index contributed by atoms with van der Waals surface area (Å²) in [4.78, 5) is 12.0. The molecule has 0 bridgehead atoms. The highest BCUT2D eigenvalue weighted by Crippen LogP contribution is 2.29. The fourth-order valence-corrected chi connectivity index (χ4v) is 3.31. The lowest BCUT2D eigenvalue weighted by Crippen LogP contribution is -2.30. The maximum absolute atomic E-state index is 12.8. The number of hydrogen-bond acceptors (Lipinski definition) is 4. The van der Waals surface area contributed by atoms with Gasteiger partial charge in [0.05, 0.1) is 24.2 Å². The van der Waals surface area contributed by atoms with Crippen molar-refractivity contribution >= 4 is 5.70 Å². The Morgan fingerprint density at radius 3 is 2.45 bits per heavy atom. The molecule has 0 saturated carbocycles. The predicted molar refractivity (Wildman–Crippen MR) is 106 cm³/mol. The number of benzene rings is 1. The van der Waals surface area contributed by atoms with Crippen molar-refractivity contribution in [2.45, 2.75) is 38.4 Å². The van der Waals surface area contributed by atoms with E-state index in [1.54, 1.807) is 12.5 Å². The summed E-state index contributed by atoms with van der Waals surface area (Å²) in [6, 6.07) is 5.07. The van der Waals surface area contributed by atoms with Gasteiger partial charge in [0.1, 0.15) is 0 Å². The molecule has 1 fully saturated rings. The van der Waals surface area contributed by atoms with E-state index in [-0.39, 0.29) is 0 Å². The molecule has 0 atom stereocenters. The van der Waals surface area contributed by atoms with Gasteiger partial charge in [-0.3, -0.25) is 10.3 Å². The van der Waals surface area contributed by atoms with E-state index in [9.17, 15) is 13.2 Å². The second-order valence-corrected chi connectivity index (χ2v) is 7.16. The van der Waals surface area contributed by atoms with Gasteiger partial charge in [-0.25, -0.2) is 4.98 Å². The van der Waals surface area contributed by atoms with Crippen LogP contribution in [-0.4, -0.2) is 40.7 Å². The number of nitrogens with zero attached hydrogens (tertiary/aromatic N) is 3. The first-order chi connectivity index (χ1) is 14.0. The zero-order chi connectivity index (χ0) is 20.5. The SMILES string of the molecule is FC(F)(F)c1ccc(C(=CCn2ccnc2)NOCCN2CCCCCC2)cc1. The van der Waals surface area contributed by atoms with Gasteiger partial charge >= 0.3 is 6.18 Å². The molecule has 1 saturated heterocycles. The van der Waals surface area contributed by atoms with E-state index < -0.39 is 11.7 Å². The first-order valence-electron chi connectivity index (χ1n) is 9.96. The van der Waals surface area contributed by atoms with E-state index in [0.717, 1.165) is 31.8 Å². The maximum atomic E-state index is 12.8. The number of nitrogens with one attached hydrogen (secondary N) is 1. The van der Waals surface area contributed by atoms with Gasteiger partial charge in [-0.1, -0.05) is 25.0 Å². The minimum Gasteiger partial charge on any atom is -0.334 e. The average molecular weight is 408 g/mol. The molecule has 1 aliphatic rings. The minimum absolute atomic E-state index is 0.503. The molecule has 0 spiro atoms. The Kier molecular flexibility index (Phi) is 7.71. The first-order valence-corrected chi connectivity index (χ1v) is 9.96. The fraction of sp³-hybridized carbons (Fsp3) is 0.476.